The summed E-state index contributed by atoms with van der Waals surface area (Å²) in [6.45, 7) is 2.59. The van der Waals surface area contributed by atoms with Gasteiger partial charge in [-0.25, -0.2) is 0 Å². The quantitative estimate of drug-likeness (QED) is 0.713. The molecule has 1 atom stereocenters. The third kappa shape index (κ3) is 5.06. The van der Waals surface area contributed by atoms with Crippen molar-refractivity contribution >= 4 is 29.1 Å². The van der Waals surface area contributed by atoms with Gasteiger partial charge < -0.3 is 10.6 Å². The average Bonchev–Trinajstić information content (AvgIpc) is 2.82. The van der Waals surface area contributed by atoms with Crippen molar-refractivity contribution in [2.45, 2.75) is 38.0 Å². The largest absolute Gasteiger partial charge is 0.416 e. The van der Waals surface area contributed by atoms with E-state index in [-0.39, 0.29) is 35.8 Å². The van der Waals surface area contributed by atoms with Gasteiger partial charge >= 0.3 is 6.18 Å². The highest BCUT2D eigenvalue weighted by Crippen LogP contribution is 2.37. The van der Waals surface area contributed by atoms with Crippen molar-refractivity contribution in [3.05, 3.63) is 59.7 Å². The van der Waals surface area contributed by atoms with Gasteiger partial charge in [-0.2, -0.15) is 13.2 Å². The molecular weight excluding hydrogens is 449 g/mol. The minimum atomic E-state index is -4.56. The number of anilines is 2. The minimum Gasteiger partial charge on any atom is -0.349 e. The molecule has 0 aliphatic carbocycles. The molecule has 2 aromatic carbocycles. The fraction of sp³-hybridized carbons (Fsp3) is 0.375. The molecule has 7 nitrogen and oxygen atoms in total. The van der Waals surface area contributed by atoms with Gasteiger partial charge in [0.1, 0.15) is 6.54 Å². The van der Waals surface area contributed by atoms with E-state index in [4.69, 9.17) is 0 Å². The molecule has 0 bridgehead atoms. The van der Waals surface area contributed by atoms with Crippen molar-refractivity contribution in [3.63, 3.8) is 0 Å². The van der Waals surface area contributed by atoms with Crippen LogP contribution in [0, 0.1) is 0 Å². The van der Waals surface area contributed by atoms with E-state index in [9.17, 15) is 27.6 Å². The number of amides is 3. The number of nitrogens with zero attached hydrogens (tertiary/aromatic N) is 2. The second-order valence-corrected chi connectivity index (χ2v) is 8.53. The number of halogens is 3. The molecule has 2 aromatic rings. The standard InChI is InChI=1S/C24H25F3N4O3/c1-15(30-11-9-18(10-12-30)28-22(33)16-5-3-2-4-6-16)23(34)31-14-21(32)29-19-13-17(24(25,26)27)7-8-20(19)31/h2-8,13,15,18H,9-12,14H2,1H3,(H,28,33)(H,29,32). The third-order valence-corrected chi connectivity index (χ3v) is 6.26. The number of rotatable bonds is 4. The maximum Gasteiger partial charge on any atom is 0.416 e. The normalized spacial score (nSPS) is 18.1. The van der Waals surface area contributed by atoms with Crippen LogP contribution >= 0.6 is 0 Å². The Morgan fingerprint density at radius 3 is 2.41 bits per heavy atom. The Labute approximate surface area is 194 Å². The summed E-state index contributed by atoms with van der Waals surface area (Å²) in [4.78, 5) is 41.0. The van der Waals surface area contributed by atoms with Crippen molar-refractivity contribution in [1.29, 1.82) is 0 Å². The monoisotopic (exact) mass is 474 g/mol. The number of hydrogen-bond acceptors (Lipinski definition) is 4. The van der Waals surface area contributed by atoms with Gasteiger partial charge in [0, 0.05) is 24.7 Å². The van der Waals surface area contributed by atoms with Crippen molar-refractivity contribution in [1.82, 2.24) is 10.2 Å². The van der Waals surface area contributed by atoms with Gasteiger partial charge in [0.2, 0.25) is 11.8 Å². The van der Waals surface area contributed by atoms with Gasteiger partial charge in [-0.15, -0.1) is 0 Å². The van der Waals surface area contributed by atoms with E-state index in [0.717, 1.165) is 12.1 Å². The molecule has 0 aromatic heterocycles. The molecule has 4 rings (SSSR count). The molecule has 2 N–H and O–H groups in total. The topological polar surface area (TPSA) is 81.8 Å². The molecule has 0 saturated carbocycles. The lowest BCUT2D eigenvalue weighted by atomic mass is 10.0. The van der Waals surface area contributed by atoms with E-state index >= 15 is 0 Å². The first-order valence-corrected chi connectivity index (χ1v) is 11.1. The lowest BCUT2D eigenvalue weighted by Gasteiger charge is -2.38. The number of fused-ring (bicyclic) bond motifs is 1. The number of carbonyl (C=O) groups excluding carboxylic acids is 3. The summed E-state index contributed by atoms with van der Waals surface area (Å²) in [5.74, 6) is -1.05. The van der Waals surface area contributed by atoms with Crippen molar-refractivity contribution in [2.24, 2.45) is 0 Å². The highest BCUT2D eigenvalue weighted by atomic mass is 19.4. The zero-order chi connectivity index (χ0) is 24.5. The summed E-state index contributed by atoms with van der Waals surface area (Å²) in [6, 6.07) is 11.3. The van der Waals surface area contributed by atoms with Crippen LogP contribution in [0.3, 0.4) is 0 Å². The molecule has 2 aliphatic heterocycles. The predicted molar refractivity (Wildman–Crippen MR) is 120 cm³/mol. The molecular formula is C24H25F3N4O3. The second kappa shape index (κ2) is 9.46. The number of alkyl halides is 3. The Morgan fingerprint density at radius 1 is 1.09 bits per heavy atom. The SMILES string of the molecule is CC(C(=O)N1CC(=O)Nc2cc(C(F)(F)F)ccc21)N1CCC(NC(=O)c2ccccc2)CC1. The van der Waals surface area contributed by atoms with Gasteiger partial charge in [-0.05, 0) is 50.1 Å². The fourth-order valence-electron chi connectivity index (χ4n) is 4.33. The van der Waals surface area contributed by atoms with E-state index in [2.05, 4.69) is 10.6 Å². The number of likely N-dealkylation sites (tertiary alicyclic amines) is 1. The average molecular weight is 474 g/mol. The van der Waals surface area contributed by atoms with E-state index in [1.165, 1.54) is 11.0 Å². The molecule has 180 valence electrons. The minimum absolute atomic E-state index is 0.0199. The summed E-state index contributed by atoms with van der Waals surface area (Å²) < 4.78 is 39.2. The predicted octanol–water partition coefficient (Wildman–Crippen LogP) is 3.27. The number of carbonyl (C=O) groups is 3. The van der Waals surface area contributed by atoms with Gasteiger partial charge in [-0.3, -0.25) is 24.2 Å². The molecule has 1 saturated heterocycles. The lowest BCUT2D eigenvalue weighted by molar-refractivity contribution is -0.137. The van der Waals surface area contributed by atoms with Gasteiger partial charge in [-0.1, -0.05) is 18.2 Å². The van der Waals surface area contributed by atoms with Crippen LogP contribution in [-0.2, 0) is 15.8 Å². The van der Waals surface area contributed by atoms with Crippen LogP contribution in [0.2, 0.25) is 0 Å². The zero-order valence-corrected chi connectivity index (χ0v) is 18.6. The summed E-state index contributed by atoms with van der Waals surface area (Å²) in [5, 5.41) is 5.44. The van der Waals surface area contributed by atoms with Crippen molar-refractivity contribution < 1.29 is 27.6 Å². The smallest absolute Gasteiger partial charge is 0.349 e. The zero-order valence-electron chi connectivity index (χ0n) is 18.6. The Kier molecular flexibility index (Phi) is 6.60. The molecule has 1 fully saturated rings. The van der Waals surface area contributed by atoms with E-state index in [1.54, 1.807) is 31.2 Å². The maximum absolute atomic E-state index is 13.2. The van der Waals surface area contributed by atoms with Gasteiger partial charge in [0.15, 0.2) is 0 Å². The third-order valence-electron chi connectivity index (χ3n) is 6.26. The highest BCUT2D eigenvalue weighted by Gasteiger charge is 2.36. The molecule has 2 aliphatic rings. The van der Waals surface area contributed by atoms with Crippen LogP contribution in [0.15, 0.2) is 48.5 Å². The fourth-order valence-corrected chi connectivity index (χ4v) is 4.33. The molecule has 0 radical (unpaired) electrons. The molecule has 34 heavy (non-hydrogen) atoms. The van der Waals surface area contributed by atoms with Crippen LogP contribution in [0.4, 0.5) is 24.5 Å². The lowest BCUT2D eigenvalue weighted by Crippen LogP contribution is -2.54. The van der Waals surface area contributed by atoms with Crippen LogP contribution in [0.1, 0.15) is 35.7 Å². The molecule has 0 spiro atoms. The second-order valence-electron chi connectivity index (χ2n) is 8.53. The molecule has 10 heteroatoms. The van der Waals surface area contributed by atoms with Crippen LogP contribution in [0.5, 0.6) is 0 Å². The van der Waals surface area contributed by atoms with Gasteiger partial charge in [0.05, 0.1) is 23.0 Å². The summed E-state index contributed by atoms with van der Waals surface area (Å²) in [7, 11) is 0. The maximum atomic E-state index is 13.2. The summed E-state index contributed by atoms with van der Waals surface area (Å²) >= 11 is 0. The first-order chi connectivity index (χ1) is 16.1. The van der Waals surface area contributed by atoms with Crippen LogP contribution < -0.4 is 15.5 Å². The summed E-state index contributed by atoms with van der Waals surface area (Å²) in [6.07, 6.45) is -3.25. The van der Waals surface area contributed by atoms with E-state index < -0.39 is 23.7 Å². The first kappa shape index (κ1) is 23.7. The molecule has 1 unspecified atom stereocenters. The van der Waals surface area contributed by atoms with Crippen molar-refractivity contribution in [2.75, 3.05) is 29.9 Å². The number of piperidine rings is 1. The Balaban J connectivity index is 1.40. The number of nitrogens with one attached hydrogen (secondary N) is 2. The molecule has 3 amide bonds. The Hall–Kier alpha value is -3.40. The first-order valence-electron chi connectivity index (χ1n) is 11.1. The Morgan fingerprint density at radius 2 is 1.76 bits per heavy atom. The summed E-state index contributed by atoms with van der Waals surface area (Å²) in [5.41, 5.74) is -0.0962. The van der Waals surface area contributed by atoms with Crippen LogP contribution in [0.25, 0.3) is 0 Å². The molecule has 2 heterocycles. The van der Waals surface area contributed by atoms with Crippen molar-refractivity contribution in [3.8, 4) is 0 Å². The van der Waals surface area contributed by atoms with Crippen LogP contribution in [-0.4, -0.2) is 54.3 Å². The number of benzene rings is 2. The van der Waals surface area contributed by atoms with E-state index in [1.807, 2.05) is 11.0 Å². The number of hydrogen-bond donors (Lipinski definition) is 2. The highest BCUT2D eigenvalue weighted by molar-refractivity contribution is 6.11. The van der Waals surface area contributed by atoms with E-state index in [0.29, 0.717) is 31.5 Å². The van der Waals surface area contributed by atoms with Gasteiger partial charge in [0.25, 0.3) is 5.91 Å². The Bertz CT molecular complexity index is 1080.